The fourth-order valence-corrected chi connectivity index (χ4v) is 1.98. The van der Waals surface area contributed by atoms with Crippen molar-refractivity contribution in [1.29, 1.82) is 0 Å². The summed E-state index contributed by atoms with van der Waals surface area (Å²) in [4.78, 5) is 11.4. The fourth-order valence-electron chi connectivity index (χ4n) is 1.54. The average molecular weight is 254 g/mol. The van der Waals surface area contributed by atoms with Crippen LogP contribution in [0.4, 0.5) is 0 Å². The Morgan fingerprint density at radius 1 is 1.47 bits per heavy atom. The summed E-state index contributed by atoms with van der Waals surface area (Å²) in [6, 6.07) is 4.37. The summed E-state index contributed by atoms with van der Waals surface area (Å²) in [5.41, 5.74) is 0. The molecule has 0 saturated heterocycles. The van der Waals surface area contributed by atoms with Crippen LogP contribution in [0, 0.1) is 0 Å². The molecule has 2 N–H and O–H groups in total. The fraction of sp³-hybridized carbons (Fsp3) is 0.583. The van der Waals surface area contributed by atoms with Crippen molar-refractivity contribution in [2.24, 2.45) is 0 Å². The van der Waals surface area contributed by atoms with E-state index in [9.17, 15) is 4.79 Å². The van der Waals surface area contributed by atoms with Gasteiger partial charge in [-0.3, -0.25) is 4.79 Å². The Labute approximate surface area is 106 Å². The van der Waals surface area contributed by atoms with Crippen LogP contribution in [0.1, 0.15) is 24.4 Å². The molecule has 1 aromatic heterocycles. The smallest absolute Gasteiger partial charge is 0.234 e. The lowest BCUT2D eigenvalue weighted by atomic mass is 10.4. The Balaban J connectivity index is 1.64. The first-order chi connectivity index (χ1) is 8.28. The molecule has 1 saturated carbocycles. The lowest BCUT2D eigenvalue weighted by Gasteiger charge is -2.03. The molecule has 1 fully saturated rings. The zero-order valence-electron chi connectivity index (χ0n) is 9.99. The minimum Gasteiger partial charge on any atom is -0.464 e. The van der Waals surface area contributed by atoms with Gasteiger partial charge >= 0.3 is 0 Å². The SMILES string of the molecule is CSCc1ccc(CNCC(=O)NC2CC2)o1. The van der Waals surface area contributed by atoms with Crippen LogP contribution in [0.3, 0.4) is 0 Å². The van der Waals surface area contributed by atoms with Gasteiger partial charge in [0, 0.05) is 6.04 Å². The van der Waals surface area contributed by atoms with Gasteiger partial charge in [0.05, 0.1) is 18.8 Å². The van der Waals surface area contributed by atoms with Crippen LogP contribution in [-0.4, -0.2) is 24.7 Å². The lowest BCUT2D eigenvalue weighted by molar-refractivity contribution is -0.120. The topological polar surface area (TPSA) is 54.3 Å². The van der Waals surface area contributed by atoms with Crippen molar-refractivity contribution >= 4 is 17.7 Å². The van der Waals surface area contributed by atoms with Crippen LogP contribution in [0.2, 0.25) is 0 Å². The summed E-state index contributed by atoms with van der Waals surface area (Å²) in [5, 5.41) is 6.01. The van der Waals surface area contributed by atoms with Crippen molar-refractivity contribution in [3.63, 3.8) is 0 Å². The van der Waals surface area contributed by atoms with Gasteiger partial charge in [-0.25, -0.2) is 0 Å². The Hall–Kier alpha value is -0.940. The summed E-state index contributed by atoms with van der Waals surface area (Å²) in [7, 11) is 0. The number of furan rings is 1. The van der Waals surface area contributed by atoms with Crippen molar-refractivity contribution in [3.8, 4) is 0 Å². The van der Waals surface area contributed by atoms with Crippen molar-refractivity contribution in [1.82, 2.24) is 10.6 Å². The van der Waals surface area contributed by atoms with E-state index < -0.39 is 0 Å². The second-order valence-corrected chi connectivity index (χ2v) is 5.11. The predicted octanol–water partition coefficient (Wildman–Crippen LogP) is 1.51. The number of amides is 1. The first kappa shape index (κ1) is 12.5. The van der Waals surface area contributed by atoms with Gasteiger partial charge < -0.3 is 15.1 Å². The molecule has 0 bridgehead atoms. The predicted molar refractivity (Wildman–Crippen MR) is 68.8 cm³/mol. The van der Waals surface area contributed by atoms with Crippen molar-refractivity contribution in [2.45, 2.75) is 31.2 Å². The summed E-state index contributed by atoms with van der Waals surface area (Å²) in [6.07, 6.45) is 4.30. The molecule has 0 unspecified atom stereocenters. The van der Waals surface area contributed by atoms with Gasteiger partial charge in [0.1, 0.15) is 11.5 Å². The number of rotatable bonds is 7. The first-order valence-electron chi connectivity index (χ1n) is 5.84. The molecule has 1 heterocycles. The molecule has 2 rings (SSSR count). The van der Waals surface area contributed by atoms with Gasteiger partial charge in [-0.1, -0.05) is 0 Å². The Morgan fingerprint density at radius 3 is 2.94 bits per heavy atom. The third kappa shape index (κ3) is 4.44. The second-order valence-electron chi connectivity index (χ2n) is 4.25. The van der Waals surface area contributed by atoms with E-state index in [1.165, 1.54) is 0 Å². The van der Waals surface area contributed by atoms with Crippen LogP contribution in [0.15, 0.2) is 16.5 Å². The number of hydrogen-bond donors (Lipinski definition) is 2. The number of carbonyl (C=O) groups excluding carboxylic acids is 1. The quantitative estimate of drug-likeness (QED) is 0.774. The molecule has 0 aromatic carbocycles. The van der Waals surface area contributed by atoms with E-state index >= 15 is 0 Å². The highest BCUT2D eigenvalue weighted by Crippen LogP contribution is 2.18. The summed E-state index contributed by atoms with van der Waals surface area (Å²) < 4.78 is 5.58. The van der Waals surface area contributed by atoms with E-state index in [0.717, 1.165) is 30.1 Å². The molecule has 17 heavy (non-hydrogen) atoms. The van der Waals surface area contributed by atoms with Crippen molar-refractivity contribution < 1.29 is 9.21 Å². The molecule has 1 aromatic rings. The zero-order valence-corrected chi connectivity index (χ0v) is 10.8. The van der Waals surface area contributed by atoms with Crippen LogP contribution < -0.4 is 10.6 Å². The molecule has 0 aliphatic heterocycles. The number of hydrogen-bond acceptors (Lipinski definition) is 4. The highest BCUT2D eigenvalue weighted by molar-refractivity contribution is 7.97. The van der Waals surface area contributed by atoms with Crippen molar-refractivity contribution in [3.05, 3.63) is 23.7 Å². The van der Waals surface area contributed by atoms with E-state index in [0.29, 0.717) is 19.1 Å². The number of carbonyl (C=O) groups is 1. The molecule has 4 nitrogen and oxygen atoms in total. The Morgan fingerprint density at radius 2 is 2.24 bits per heavy atom. The molecule has 0 atom stereocenters. The molecule has 5 heteroatoms. The third-order valence-electron chi connectivity index (χ3n) is 2.53. The number of thioether (sulfide) groups is 1. The van der Waals surface area contributed by atoms with E-state index in [1.54, 1.807) is 11.8 Å². The molecule has 1 amide bonds. The van der Waals surface area contributed by atoms with Crippen LogP contribution >= 0.6 is 11.8 Å². The largest absolute Gasteiger partial charge is 0.464 e. The summed E-state index contributed by atoms with van der Waals surface area (Å²) >= 11 is 1.73. The Kier molecular flexibility index (Phi) is 4.50. The minimum absolute atomic E-state index is 0.0726. The van der Waals surface area contributed by atoms with E-state index in [1.807, 2.05) is 18.4 Å². The molecule has 0 spiro atoms. The normalized spacial score (nSPS) is 14.9. The van der Waals surface area contributed by atoms with Gasteiger partial charge in [0.25, 0.3) is 0 Å². The maximum absolute atomic E-state index is 11.4. The van der Waals surface area contributed by atoms with Crippen LogP contribution in [0.25, 0.3) is 0 Å². The van der Waals surface area contributed by atoms with Gasteiger partial charge in [-0.15, -0.1) is 0 Å². The second kappa shape index (κ2) is 6.12. The van der Waals surface area contributed by atoms with Gasteiger partial charge in [-0.05, 0) is 31.2 Å². The third-order valence-corrected chi connectivity index (χ3v) is 3.10. The molecule has 94 valence electrons. The minimum atomic E-state index is 0.0726. The molecular formula is C12H18N2O2S. The maximum atomic E-state index is 11.4. The molecule has 1 aliphatic carbocycles. The van der Waals surface area contributed by atoms with Gasteiger partial charge in [0.2, 0.25) is 5.91 Å². The average Bonchev–Trinajstić information content (AvgIpc) is 2.99. The highest BCUT2D eigenvalue weighted by atomic mass is 32.2. The molecule has 0 radical (unpaired) electrons. The summed E-state index contributed by atoms with van der Waals surface area (Å²) in [6.45, 7) is 0.960. The van der Waals surface area contributed by atoms with E-state index in [2.05, 4.69) is 10.6 Å². The van der Waals surface area contributed by atoms with Crippen molar-refractivity contribution in [2.75, 3.05) is 12.8 Å². The van der Waals surface area contributed by atoms with E-state index in [-0.39, 0.29) is 5.91 Å². The van der Waals surface area contributed by atoms with Crippen LogP contribution in [0.5, 0.6) is 0 Å². The summed E-state index contributed by atoms with van der Waals surface area (Å²) in [5.74, 6) is 2.83. The monoisotopic (exact) mass is 254 g/mol. The number of nitrogens with one attached hydrogen (secondary N) is 2. The highest BCUT2D eigenvalue weighted by Gasteiger charge is 2.22. The molecule has 1 aliphatic rings. The van der Waals surface area contributed by atoms with Crippen LogP contribution in [-0.2, 0) is 17.1 Å². The Bertz CT molecular complexity index is 374. The first-order valence-corrected chi connectivity index (χ1v) is 7.24. The van der Waals surface area contributed by atoms with Gasteiger partial charge in [-0.2, -0.15) is 11.8 Å². The maximum Gasteiger partial charge on any atom is 0.234 e. The van der Waals surface area contributed by atoms with E-state index in [4.69, 9.17) is 4.42 Å². The molecular weight excluding hydrogens is 236 g/mol. The lowest BCUT2D eigenvalue weighted by Crippen LogP contribution is -2.34. The zero-order chi connectivity index (χ0) is 12.1. The standard InChI is InChI=1S/C12H18N2O2S/c1-17-8-11-5-4-10(16-11)6-13-7-12(15)14-9-2-3-9/h4-5,9,13H,2-3,6-8H2,1H3,(H,14,15). The van der Waals surface area contributed by atoms with Gasteiger partial charge in [0.15, 0.2) is 0 Å².